The van der Waals surface area contributed by atoms with Gasteiger partial charge >= 0.3 is 5.97 Å². The minimum Gasteiger partial charge on any atom is -0.465 e. The van der Waals surface area contributed by atoms with E-state index in [2.05, 4.69) is 4.90 Å². The number of carbonyl (C=O) groups is 2. The average molecular weight is 373 g/mol. The molecule has 146 valence electrons. The summed E-state index contributed by atoms with van der Waals surface area (Å²) in [6.45, 7) is 4.36. The highest BCUT2D eigenvalue weighted by atomic mass is 16.5. The van der Waals surface area contributed by atoms with Gasteiger partial charge in [-0.3, -0.25) is 4.79 Å². The third-order valence-electron chi connectivity index (χ3n) is 5.37. The molecule has 1 saturated carbocycles. The third-order valence-corrected chi connectivity index (χ3v) is 5.37. The molecule has 2 fully saturated rings. The molecular weight excluding hydrogens is 345 g/mol. The van der Waals surface area contributed by atoms with Gasteiger partial charge in [0, 0.05) is 44.4 Å². The van der Waals surface area contributed by atoms with Crippen molar-refractivity contribution in [1.29, 1.82) is 0 Å². The van der Waals surface area contributed by atoms with Crippen LogP contribution >= 0.6 is 0 Å². The second kappa shape index (κ2) is 8.29. The number of hydrogen-bond donors (Lipinski definition) is 0. The predicted molar refractivity (Wildman–Crippen MR) is 106 cm³/mol. The topological polar surface area (TPSA) is 72.0 Å². The average Bonchev–Trinajstić information content (AvgIpc) is 3.50. The molecule has 1 aliphatic heterocycles. The zero-order valence-electron chi connectivity index (χ0n) is 16.7. The second-order valence-corrected chi connectivity index (χ2v) is 7.45. The first-order valence-corrected chi connectivity index (χ1v) is 9.59. The molecule has 0 N–H and O–H groups in total. The Morgan fingerprint density at radius 2 is 2.04 bits per heavy atom. The molecule has 8 heteroatoms. The normalized spacial score (nSPS) is 19.9. The lowest BCUT2D eigenvalue weighted by Gasteiger charge is -2.41. The molecule has 0 radical (unpaired) electrons. The number of hydrogen-bond acceptors (Lipinski definition) is 6. The van der Waals surface area contributed by atoms with E-state index in [1.54, 1.807) is 7.11 Å². The summed E-state index contributed by atoms with van der Waals surface area (Å²) in [5, 5.41) is 0. The van der Waals surface area contributed by atoms with Crippen LogP contribution in [0.3, 0.4) is 0 Å². The van der Waals surface area contributed by atoms with Gasteiger partial charge in [0.1, 0.15) is 19.2 Å². The van der Waals surface area contributed by atoms with E-state index in [1.165, 1.54) is 7.11 Å². The van der Waals surface area contributed by atoms with E-state index in [4.69, 9.17) is 14.5 Å². The van der Waals surface area contributed by atoms with Crippen molar-refractivity contribution >= 4 is 31.0 Å². The molecule has 1 aromatic heterocycles. The Morgan fingerprint density at radius 1 is 1.30 bits per heavy atom. The molecule has 1 atom stereocenters. The van der Waals surface area contributed by atoms with Crippen molar-refractivity contribution in [2.45, 2.75) is 38.1 Å². The van der Waals surface area contributed by atoms with Crippen LogP contribution in [0.2, 0.25) is 0 Å². The standard InChI is InChI=1S/C19H28BN3O4/c1-12-11-22(7-8-23(12)16(24)6-9-26-2)18-14(19(25)27-3)10-15(20)17(21-18)13-4-5-13/h10,12-13H,4-9,11,20H2,1-3H3/t12-/m1/s1. The summed E-state index contributed by atoms with van der Waals surface area (Å²) in [4.78, 5) is 33.6. The molecule has 0 spiro atoms. The summed E-state index contributed by atoms with van der Waals surface area (Å²) in [7, 11) is 5.00. The van der Waals surface area contributed by atoms with Gasteiger partial charge in [0.05, 0.1) is 20.1 Å². The van der Waals surface area contributed by atoms with Gasteiger partial charge in [-0.15, -0.1) is 0 Å². The lowest BCUT2D eigenvalue weighted by atomic mass is 9.90. The lowest BCUT2D eigenvalue weighted by molar-refractivity contribution is -0.134. The number of aromatic nitrogens is 1. The molecule has 1 aromatic rings. The van der Waals surface area contributed by atoms with Crippen molar-refractivity contribution in [3.63, 3.8) is 0 Å². The van der Waals surface area contributed by atoms with Crippen LogP contribution < -0.4 is 10.4 Å². The number of anilines is 1. The maximum absolute atomic E-state index is 12.4. The van der Waals surface area contributed by atoms with Crippen molar-refractivity contribution in [2.75, 3.05) is 45.4 Å². The quantitative estimate of drug-likeness (QED) is 0.520. The van der Waals surface area contributed by atoms with Crippen LogP contribution in [-0.4, -0.2) is 76.1 Å². The first kappa shape index (κ1) is 19.7. The number of ether oxygens (including phenoxy) is 2. The summed E-state index contributed by atoms with van der Waals surface area (Å²) in [5.74, 6) is 0.928. The summed E-state index contributed by atoms with van der Waals surface area (Å²) >= 11 is 0. The van der Waals surface area contributed by atoms with Crippen LogP contribution in [0.15, 0.2) is 6.07 Å². The van der Waals surface area contributed by atoms with Gasteiger partial charge in [0.25, 0.3) is 0 Å². The third kappa shape index (κ3) is 4.26. The number of esters is 1. The molecule has 1 saturated heterocycles. The number of nitrogens with zero attached hydrogens (tertiary/aromatic N) is 3. The minimum absolute atomic E-state index is 0.0427. The smallest absolute Gasteiger partial charge is 0.341 e. The highest BCUT2D eigenvalue weighted by Gasteiger charge is 2.33. The molecular formula is C19H28BN3O4. The van der Waals surface area contributed by atoms with Crippen LogP contribution in [-0.2, 0) is 14.3 Å². The molecule has 0 bridgehead atoms. The summed E-state index contributed by atoms with van der Waals surface area (Å²) in [6.07, 6.45) is 2.70. The molecule has 2 aliphatic rings. The predicted octanol–water partition coefficient (Wildman–Crippen LogP) is 0.0776. The Balaban J connectivity index is 1.82. The number of rotatable bonds is 6. The maximum atomic E-state index is 12.4. The summed E-state index contributed by atoms with van der Waals surface area (Å²) < 4.78 is 10.0. The zero-order valence-corrected chi connectivity index (χ0v) is 16.7. The van der Waals surface area contributed by atoms with Crippen molar-refractivity contribution in [3.05, 3.63) is 17.3 Å². The van der Waals surface area contributed by atoms with Crippen LogP contribution in [0.4, 0.5) is 5.82 Å². The number of carbonyl (C=O) groups excluding carboxylic acids is 2. The SMILES string of the molecule is Bc1cc(C(=O)OC)c(N2CCN(C(=O)CCOC)[C@H](C)C2)nc1C1CC1. The largest absolute Gasteiger partial charge is 0.465 e. The van der Waals surface area contributed by atoms with Crippen LogP contribution in [0.1, 0.15) is 48.2 Å². The Labute approximate surface area is 161 Å². The molecule has 2 heterocycles. The van der Waals surface area contributed by atoms with Gasteiger partial charge in [-0.1, -0.05) is 5.46 Å². The Morgan fingerprint density at radius 3 is 2.63 bits per heavy atom. The van der Waals surface area contributed by atoms with E-state index in [-0.39, 0.29) is 17.9 Å². The van der Waals surface area contributed by atoms with Crippen molar-refractivity contribution in [2.24, 2.45) is 0 Å². The summed E-state index contributed by atoms with van der Waals surface area (Å²) in [6, 6.07) is 1.95. The Bertz CT molecular complexity index is 723. The van der Waals surface area contributed by atoms with Gasteiger partial charge in [0.15, 0.2) is 0 Å². The molecule has 3 rings (SSSR count). The van der Waals surface area contributed by atoms with E-state index in [1.807, 2.05) is 25.7 Å². The highest BCUT2D eigenvalue weighted by molar-refractivity contribution is 6.33. The Hall–Kier alpha value is -2.09. The van der Waals surface area contributed by atoms with Crippen molar-refractivity contribution in [3.8, 4) is 0 Å². The molecule has 7 nitrogen and oxygen atoms in total. The fraction of sp³-hybridized carbons (Fsp3) is 0.632. The van der Waals surface area contributed by atoms with Gasteiger partial charge in [0.2, 0.25) is 5.91 Å². The molecule has 1 amide bonds. The summed E-state index contributed by atoms with van der Waals surface area (Å²) in [5.41, 5.74) is 2.64. The van der Waals surface area contributed by atoms with Crippen LogP contribution in [0.25, 0.3) is 0 Å². The fourth-order valence-electron chi connectivity index (χ4n) is 3.74. The molecule has 0 unspecified atom stereocenters. The molecule has 27 heavy (non-hydrogen) atoms. The van der Waals surface area contributed by atoms with Crippen LogP contribution in [0, 0.1) is 0 Å². The fourth-order valence-corrected chi connectivity index (χ4v) is 3.74. The van der Waals surface area contributed by atoms with Gasteiger partial charge < -0.3 is 19.3 Å². The number of methoxy groups -OCH3 is 2. The van der Waals surface area contributed by atoms with E-state index in [9.17, 15) is 9.59 Å². The van der Waals surface area contributed by atoms with E-state index in [0.717, 1.165) is 24.0 Å². The van der Waals surface area contributed by atoms with E-state index < -0.39 is 0 Å². The first-order chi connectivity index (χ1) is 13.0. The highest BCUT2D eigenvalue weighted by Crippen LogP contribution is 2.39. The van der Waals surface area contributed by atoms with Crippen molar-refractivity contribution in [1.82, 2.24) is 9.88 Å². The first-order valence-electron chi connectivity index (χ1n) is 9.59. The minimum atomic E-state index is -0.366. The number of amides is 1. The van der Waals surface area contributed by atoms with E-state index >= 15 is 0 Å². The van der Waals surface area contributed by atoms with Crippen molar-refractivity contribution < 1.29 is 19.1 Å². The monoisotopic (exact) mass is 373 g/mol. The van der Waals surface area contributed by atoms with E-state index in [0.29, 0.717) is 50.0 Å². The number of pyridine rings is 1. The second-order valence-electron chi connectivity index (χ2n) is 7.45. The number of piperazine rings is 1. The Kier molecular flexibility index (Phi) is 6.04. The lowest BCUT2D eigenvalue weighted by Crippen LogP contribution is -2.54. The van der Waals surface area contributed by atoms with Crippen LogP contribution in [0.5, 0.6) is 0 Å². The zero-order chi connectivity index (χ0) is 19.6. The van der Waals surface area contributed by atoms with Gasteiger partial charge in [-0.25, -0.2) is 9.78 Å². The van der Waals surface area contributed by atoms with Gasteiger partial charge in [-0.05, 0) is 25.8 Å². The molecule has 0 aromatic carbocycles. The molecule has 1 aliphatic carbocycles. The maximum Gasteiger partial charge on any atom is 0.341 e. The van der Waals surface area contributed by atoms with Gasteiger partial charge in [-0.2, -0.15) is 0 Å².